The van der Waals surface area contributed by atoms with E-state index in [2.05, 4.69) is 90.1 Å². The molecule has 0 aliphatic rings. The third-order valence-corrected chi connectivity index (χ3v) is 4.43. The van der Waals surface area contributed by atoms with Crippen molar-refractivity contribution in [1.82, 2.24) is 0 Å². The lowest BCUT2D eigenvalue weighted by molar-refractivity contribution is 0.358. The number of hydrogen-bond acceptors (Lipinski definition) is 1. The van der Waals surface area contributed by atoms with Crippen LogP contribution in [0.25, 0.3) is 0 Å². The van der Waals surface area contributed by atoms with Gasteiger partial charge in [0.15, 0.2) is 0 Å². The molecule has 2 aromatic rings. The van der Waals surface area contributed by atoms with E-state index >= 15 is 0 Å². The highest BCUT2D eigenvalue weighted by molar-refractivity contribution is 5.39. The van der Waals surface area contributed by atoms with E-state index in [0.29, 0.717) is 5.92 Å². The van der Waals surface area contributed by atoms with Crippen molar-refractivity contribution >= 4 is 0 Å². The molecule has 0 aliphatic heterocycles. The van der Waals surface area contributed by atoms with Gasteiger partial charge in [0.1, 0.15) is 5.75 Å². The average molecular weight is 310 g/mol. The average Bonchev–Trinajstić information content (AvgIpc) is 2.46. The second kappa shape index (κ2) is 6.39. The van der Waals surface area contributed by atoms with Crippen molar-refractivity contribution in [3.8, 4) is 5.75 Å². The summed E-state index contributed by atoms with van der Waals surface area (Å²) in [5, 5.41) is 0. The summed E-state index contributed by atoms with van der Waals surface area (Å²) in [6.45, 7) is 13.7. The molecule has 0 spiro atoms. The van der Waals surface area contributed by atoms with Gasteiger partial charge in [-0.15, -0.1) is 0 Å². The smallest absolute Gasteiger partial charge is 0.118 e. The predicted octanol–water partition coefficient (Wildman–Crippen LogP) is 6.17. The number of methoxy groups -OCH3 is 1. The van der Waals surface area contributed by atoms with Gasteiger partial charge in [-0.05, 0) is 39.7 Å². The van der Waals surface area contributed by atoms with Crippen LogP contribution in [0.15, 0.2) is 48.5 Å². The van der Waals surface area contributed by atoms with Crippen LogP contribution in [0.4, 0.5) is 0 Å². The normalized spacial score (nSPS) is 13.7. The molecule has 0 heterocycles. The van der Waals surface area contributed by atoms with Crippen molar-refractivity contribution < 1.29 is 4.74 Å². The monoisotopic (exact) mass is 310 g/mol. The lowest BCUT2D eigenvalue weighted by Gasteiger charge is -2.32. The van der Waals surface area contributed by atoms with E-state index < -0.39 is 0 Å². The van der Waals surface area contributed by atoms with Gasteiger partial charge in [0.2, 0.25) is 0 Å². The van der Waals surface area contributed by atoms with Crippen LogP contribution in [0, 0.1) is 5.41 Å². The zero-order valence-electron chi connectivity index (χ0n) is 15.6. The maximum atomic E-state index is 5.29. The van der Waals surface area contributed by atoms with Gasteiger partial charge in [-0.3, -0.25) is 0 Å². The summed E-state index contributed by atoms with van der Waals surface area (Å²) < 4.78 is 5.29. The van der Waals surface area contributed by atoms with E-state index in [9.17, 15) is 0 Å². The number of ether oxygens (including phenoxy) is 1. The van der Waals surface area contributed by atoms with Gasteiger partial charge in [-0.2, -0.15) is 0 Å². The maximum absolute atomic E-state index is 5.29. The minimum absolute atomic E-state index is 0.151. The van der Waals surface area contributed by atoms with Gasteiger partial charge in [0.25, 0.3) is 0 Å². The number of benzene rings is 2. The third kappa shape index (κ3) is 4.16. The highest BCUT2D eigenvalue weighted by Gasteiger charge is 2.28. The molecule has 0 amide bonds. The topological polar surface area (TPSA) is 9.23 Å². The Labute approximate surface area is 141 Å². The fourth-order valence-electron chi connectivity index (χ4n) is 3.16. The molecule has 0 aromatic heterocycles. The maximum Gasteiger partial charge on any atom is 0.118 e. The van der Waals surface area contributed by atoms with E-state index in [1.165, 1.54) is 16.7 Å². The summed E-state index contributed by atoms with van der Waals surface area (Å²) in [5.74, 6) is 1.27. The van der Waals surface area contributed by atoms with Crippen LogP contribution in [0.3, 0.4) is 0 Å². The fourth-order valence-corrected chi connectivity index (χ4v) is 3.16. The van der Waals surface area contributed by atoms with Crippen LogP contribution < -0.4 is 4.74 Å². The molecule has 1 heteroatoms. The molecule has 0 saturated carbocycles. The van der Waals surface area contributed by atoms with Crippen molar-refractivity contribution in [3.63, 3.8) is 0 Å². The molecule has 0 saturated heterocycles. The molecule has 2 aromatic carbocycles. The summed E-state index contributed by atoms with van der Waals surface area (Å²) >= 11 is 0. The zero-order valence-corrected chi connectivity index (χ0v) is 15.6. The van der Waals surface area contributed by atoms with Crippen LogP contribution in [0.5, 0.6) is 5.75 Å². The summed E-state index contributed by atoms with van der Waals surface area (Å²) in [6.07, 6.45) is 0. The lowest BCUT2D eigenvalue weighted by Crippen LogP contribution is -2.20. The molecule has 124 valence electrons. The molecular weight excluding hydrogens is 280 g/mol. The van der Waals surface area contributed by atoms with Gasteiger partial charge in [0.05, 0.1) is 7.11 Å². The van der Waals surface area contributed by atoms with Gasteiger partial charge >= 0.3 is 0 Å². The highest BCUT2D eigenvalue weighted by Crippen LogP contribution is 2.41. The van der Waals surface area contributed by atoms with Gasteiger partial charge in [0, 0.05) is 5.92 Å². The molecule has 1 atom stereocenters. The Kier molecular flexibility index (Phi) is 4.89. The minimum atomic E-state index is 0.151. The Bertz CT molecular complexity index is 622. The van der Waals surface area contributed by atoms with Crippen molar-refractivity contribution in [2.75, 3.05) is 7.11 Å². The summed E-state index contributed by atoms with van der Waals surface area (Å²) in [7, 11) is 1.71. The number of hydrogen-bond donors (Lipinski definition) is 0. The first kappa shape index (κ1) is 17.6. The highest BCUT2D eigenvalue weighted by atomic mass is 16.5. The van der Waals surface area contributed by atoms with E-state index in [1.54, 1.807) is 7.11 Å². The van der Waals surface area contributed by atoms with Crippen LogP contribution in [0.1, 0.15) is 64.2 Å². The van der Waals surface area contributed by atoms with E-state index in [4.69, 9.17) is 4.74 Å². The van der Waals surface area contributed by atoms with Gasteiger partial charge in [-0.25, -0.2) is 0 Å². The van der Waals surface area contributed by atoms with E-state index in [1.807, 2.05) is 0 Å². The van der Waals surface area contributed by atoms with Crippen LogP contribution >= 0.6 is 0 Å². The summed E-state index contributed by atoms with van der Waals surface area (Å²) in [6, 6.07) is 17.6. The molecule has 0 radical (unpaired) electrons. The SMILES string of the molecule is COc1ccc(C(c2ccc(C(C)(C)C)cc2)C(C)(C)C)cc1. The van der Waals surface area contributed by atoms with Crippen LogP contribution in [-0.4, -0.2) is 7.11 Å². The molecule has 1 nitrogen and oxygen atoms in total. The second-order valence-corrected chi connectivity index (χ2v) is 8.44. The minimum Gasteiger partial charge on any atom is -0.497 e. The van der Waals surface area contributed by atoms with E-state index in [-0.39, 0.29) is 10.8 Å². The Morgan fingerprint density at radius 2 is 1.13 bits per heavy atom. The molecule has 0 aliphatic carbocycles. The largest absolute Gasteiger partial charge is 0.497 e. The second-order valence-electron chi connectivity index (χ2n) is 8.44. The Morgan fingerprint density at radius 3 is 1.48 bits per heavy atom. The molecule has 1 unspecified atom stereocenters. The van der Waals surface area contributed by atoms with Crippen molar-refractivity contribution in [3.05, 3.63) is 65.2 Å². The first-order chi connectivity index (χ1) is 10.6. The lowest BCUT2D eigenvalue weighted by atomic mass is 9.72. The van der Waals surface area contributed by atoms with Crippen LogP contribution in [0.2, 0.25) is 0 Å². The fraction of sp³-hybridized carbons (Fsp3) is 0.455. The number of rotatable bonds is 3. The summed E-state index contributed by atoms with van der Waals surface area (Å²) in [5.41, 5.74) is 4.43. The molecule has 0 bridgehead atoms. The molecule has 2 rings (SSSR count). The molecule has 23 heavy (non-hydrogen) atoms. The van der Waals surface area contributed by atoms with Gasteiger partial charge in [-0.1, -0.05) is 77.9 Å². The van der Waals surface area contributed by atoms with Gasteiger partial charge < -0.3 is 4.74 Å². The predicted molar refractivity (Wildman–Crippen MR) is 99.4 cm³/mol. The molecule has 0 N–H and O–H groups in total. The first-order valence-corrected chi connectivity index (χ1v) is 8.37. The zero-order chi connectivity index (χ0) is 17.3. The van der Waals surface area contributed by atoms with E-state index in [0.717, 1.165) is 5.75 Å². The first-order valence-electron chi connectivity index (χ1n) is 8.37. The van der Waals surface area contributed by atoms with Crippen molar-refractivity contribution in [1.29, 1.82) is 0 Å². The van der Waals surface area contributed by atoms with Crippen LogP contribution in [-0.2, 0) is 5.41 Å². The standard InChI is InChI=1S/C22H30O/c1-21(2,3)18-12-8-16(9-13-18)20(22(4,5)6)17-10-14-19(23-7)15-11-17/h8-15,20H,1-7H3. The Balaban J connectivity index is 2.43. The molecule has 0 fully saturated rings. The van der Waals surface area contributed by atoms with Crippen molar-refractivity contribution in [2.24, 2.45) is 5.41 Å². The molecular formula is C22H30O. The third-order valence-electron chi connectivity index (χ3n) is 4.43. The summed E-state index contributed by atoms with van der Waals surface area (Å²) in [4.78, 5) is 0. The van der Waals surface area contributed by atoms with Crippen molar-refractivity contribution in [2.45, 2.75) is 52.9 Å². The Morgan fingerprint density at radius 1 is 0.696 bits per heavy atom. The Hall–Kier alpha value is -1.76. The quantitative estimate of drug-likeness (QED) is 0.658.